The summed E-state index contributed by atoms with van der Waals surface area (Å²) in [7, 11) is -3.19. The second-order valence-corrected chi connectivity index (χ2v) is 9.69. The number of carbonyl (C=O) groups is 1. The Balaban J connectivity index is 1.37. The van der Waals surface area contributed by atoms with E-state index in [2.05, 4.69) is 25.3 Å². The molecule has 0 bridgehead atoms. The minimum absolute atomic E-state index is 0.168. The Morgan fingerprint density at radius 3 is 2.62 bits per heavy atom. The summed E-state index contributed by atoms with van der Waals surface area (Å²) in [4.78, 5) is 29.4. The normalized spacial score (nSPS) is 13.5. The molecule has 0 atom stereocenters. The smallest absolute Gasteiger partial charge is 0.251 e. The van der Waals surface area contributed by atoms with Gasteiger partial charge in [0.15, 0.2) is 9.84 Å². The van der Waals surface area contributed by atoms with Crippen LogP contribution in [0.15, 0.2) is 48.9 Å². The lowest BCUT2D eigenvalue weighted by atomic mass is 10.1. The van der Waals surface area contributed by atoms with Crippen LogP contribution in [0.5, 0.6) is 5.88 Å². The summed E-state index contributed by atoms with van der Waals surface area (Å²) >= 11 is 0. The Bertz CT molecular complexity index is 1210. The molecule has 2 heterocycles. The zero-order valence-electron chi connectivity index (χ0n) is 17.6. The van der Waals surface area contributed by atoms with Gasteiger partial charge in [-0.1, -0.05) is 12.1 Å². The van der Waals surface area contributed by atoms with Crippen LogP contribution in [-0.2, 0) is 22.1 Å². The van der Waals surface area contributed by atoms with Crippen LogP contribution in [0.2, 0.25) is 0 Å². The molecule has 0 spiro atoms. The number of amides is 1. The molecule has 1 saturated carbocycles. The van der Waals surface area contributed by atoms with Crippen LogP contribution >= 0.6 is 0 Å². The predicted molar refractivity (Wildman–Crippen MR) is 117 cm³/mol. The van der Waals surface area contributed by atoms with Gasteiger partial charge in [0, 0.05) is 17.3 Å². The molecule has 1 amide bonds. The van der Waals surface area contributed by atoms with Crippen LogP contribution in [0.1, 0.15) is 41.6 Å². The predicted octanol–water partition coefficient (Wildman–Crippen LogP) is 2.34. The van der Waals surface area contributed by atoms with Crippen molar-refractivity contribution in [3.05, 3.63) is 66.0 Å². The molecule has 2 aromatic heterocycles. The molecule has 0 saturated heterocycles. The summed E-state index contributed by atoms with van der Waals surface area (Å²) < 4.78 is 29.7. The molecule has 0 unspecified atom stereocenters. The maximum absolute atomic E-state index is 12.5. The third-order valence-electron chi connectivity index (χ3n) is 4.90. The topological polar surface area (TPSA) is 124 Å². The first-order valence-corrected chi connectivity index (χ1v) is 12.0. The van der Waals surface area contributed by atoms with E-state index in [-0.39, 0.29) is 29.3 Å². The van der Waals surface area contributed by atoms with Gasteiger partial charge in [-0.15, -0.1) is 0 Å². The molecule has 0 radical (unpaired) electrons. The highest BCUT2D eigenvalue weighted by molar-refractivity contribution is 7.91. The first kappa shape index (κ1) is 21.8. The highest BCUT2D eigenvalue weighted by Crippen LogP contribution is 2.30. The summed E-state index contributed by atoms with van der Waals surface area (Å²) in [5.74, 6) is 0.259. The summed E-state index contributed by atoms with van der Waals surface area (Å²) in [6.07, 6.45) is 6.11. The van der Waals surface area contributed by atoms with Crippen molar-refractivity contribution in [2.24, 2.45) is 0 Å². The monoisotopic (exact) mass is 453 g/mol. The van der Waals surface area contributed by atoms with E-state index in [1.165, 1.54) is 6.20 Å². The number of carbonyl (C=O) groups excluding carboxylic acids is 1. The van der Waals surface area contributed by atoms with Crippen molar-refractivity contribution in [1.82, 2.24) is 25.3 Å². The zero-order valence-corrected chi connectivity index (χ0v) is 18.4. The van der Waals surface area contributed by atoms with Crippen molar-refractivity contribution in [3.8, 4) is 17.1 Å². The minimum atomic E-state index is -3.19. The van der Waals surface area contributed by atoms with E-state index < -0.39 is 9.84 Å². The average Bonchev–Trinajstić information content (AvgIpc) is 3.64. The lowest BCUT2D eigenvalue weighted by molar-refractivity contribution is 0.0950. The molecule has 32 heavy (non-hydrogen) atoms. The Morgan fingerprint density at radius 2 is 1.91 bits per heavy atom. The first-order chi connectivity index (χ1) is 15.4. The van der Waals surface area contributed by atoms with Crippen LogP contribution in [0.4, 0.5) is 0 Å². The Hall–Kier alpha value is -3.40. The summed E-state index contributed by atoms with van der Waals surface area (Å²) in [5, 5.41) is 2.54. The van der Waals surface area contributed by atoms with Crippen molar-refractivity contribution in [2.75, 3.05) is 6.61 Å². The minimum Gasteiger partial charge on any atom is -0.477 e. The van der Waals surface area contributed by atoms with Gasteiger partial charge in [-0.3, -0.25) is 9.78 Å². The number of hydrogen-bond donors (Lipinski definition) is 1. The fraction of sp³-hybridized carbons (Fsp3) is 0.318. The fourth-order valence-electron chi connectivity index (χ4n) is 3.10. The number of nitrogens with one attached hydrogen (secondary N) is 1. The van der Waals surface area contributed by atoms with Crippen LogP contribution in [0, 0.1) is 0 Å². The van der Waals surface area contributed by atoms with E-state index in [0.717, 1.165) is 5.56 Å². The van der Waals surface area contributed by atoms with Gasteiger partial charge in [-0.25, -0.2) is 23.4 Å². The molecule has 1 fully saturated rings. The van der Waals surface area contributed by atoms with Gasteiger partial charge in [0.2, 0.25) is 5.88 Å². The Kier molecular flexibility index (Phi) is 6.40. The standard InChI is InChI=1S/C22H23N5O4S/c1-2-31-21-13-23-12-19(27-21)15-3-5-16(6-4-15)22(28)25-11-17-9-10-24-20(26-17)14-32(29,30)18-7-8-18/h3-6,9-10,12-13,18H,2,7-8,11,14H2,1H3,(H,25,28). The number of hydrogen-bond acceptors (Lipinski definition) is 8. The third kappa shape index (κ3) is 5.44. The van der Waals surface area contributed by atoms with Gasteiger partial charge in [-0.2, -0.15) is 0 Å². The second-order valence-electron chi connectivity index (χ2n) is 7.41. The number of benzene rings is 1. The average molecular weight is 454 g/mol. The largest absolute Gasteiger partial charge is 0.477 e. The molecule has 10 heteroatoms. The van der Waals surface area contributed by atoms with Crippen LogP contribution in [-0.4, -0.2) is 46.1 Å². The SMILES string of the molecule is CCOc1cncc(-c2ccc(C(=O)NCc3ccnc(CS(=O)(=O)C4CC4)n3)cc2)n1. The van der Waals surface area contributed by atoms with E-state index in [9.17, 15) is 13.2 Å². The molecule has 0 aliphatic heterocycles. The van der Waals surface area contributed by atoms with Gasteiger partial charge >= 0.3 is 0 Å². The van der Waals surface area contributed by atoms with Gasteiger partial charge in [-0.05, 0) is 38.0 Å². The molecule has 1 aliphatic carbocycles. The van der Waals surface area contributed by atoms with E-state index >= 15 is 0 Å². The number of aromatic nitrogens is 4. The van der Waals surface area contributed by atoms with Crippen LogP contribution in [0.3, 0.4) is 0 Å². The molecule has 3 aromatic rings. The number of rotatable bonds is 9. The Labute approximate surface area is 186 Å². The lowest BCUT2D eigenvalue weighted by Crippen LogP contribution is -2.23. The van der Waals surface area contributed by atoms with E-state index in [1.54, 1.807) is 42.7 Å². The highest BCUT2D eigenvalue weighted by Gasteiger charge is 2.36. The lowest BCUT2D eigenvalue weighted by Gasteiger charge is -2.08. The third-order valence-corrected chi connectivity index (χ3v) is 7.05. The molecule has 1 aliphatic rings. The van der Waals surface area contributed by atoms with E-state index in [4.69, 9.17) is 4.74 Å². The van der Waals surface area contributed by atoms with Crippen LogP contribution < -0.4 is 10.1 Å². The Morgan fingerprint density at radius 1 is 1.12 bits per heavy atom. The van der Waals surface area contributed by atoms with Crippen molar-refractivity contribution in [2.45, 2.75) is 37.3 Å². The summed E-state index contributed by atoms with van der Waals surface area (Å²) in [5.41, 5.74) is 2.49. The quantitative estimate of drug-likeness (QED) is 0.524. The second kappa shape index (κ2) is 9.39. The molecular weight excluding hydrogens is 430 g/mol. The number of nitrogens with zero attached hydrogens (tertiary/aromatic N) is 4. The van der Waals surface area contributed by atoms with Crippen molar-refractivity contribution in [1.29, 1.82) is 0 Å². The van der Waals surface area contributed by atoms with Crippen molar-refractivity contribution >= 4 is 15.7 Å². The maximum Gasteiger partial charge on any atom is 0.251 e. The van der Waals surface area contributed by atoms with Crippen molar-refractivity contribution < 1.29 is 17.9 Å². The summed E-state index contributed by atoms with van der Waals surface area (Å²) in [6.45, 7) is 2.54. The molecule has 9 nitrogen and oxygen atoms in total. The molecule has 1 aromatic carbocycles. The van der Waals surface area contributed by atoms with E-state index in [1.807, 2.05) is 6.92 Å². The molecule has 166 valence electrons. The van der Waals surface area contributed by atoms with Crippen molar-refractivity contribution in [3.63, 3.8) is 0 Å². The van der Waals surface area contributed by atoms with Gasteiger partial charge in [0.1, 0.15) is 11.6 Å². The van der Waals surface area contributed by atoms with E-state index in [0.29, 0.717) is 42.3 Å². The fourth-order valence-corrected chi connectivity index (χ4v) is 4.69. The molecule has 1 N–H and O–H groups in total. The first-order valence-electron chi connectivity index (χ1n) is 10.3. The molecular formula is C22H23N5O4S. The van der Waals surface area contributed by atoms with Gasteiger partial charge in [0.05, 0.1) is 42.2 Å². The van der Waals surface area contributed by atoms with Gasteiger partial charge < -0.3 is 10.1 Å². The van der Waals surface area contributed by atoms with Gasteiger partial charge in [0.25, 0.3) is 5.91 Å². The molecule has 4 rings (SSSR count). The maximum atomic E-state index is 12.5. The number of ether oxygens (including phenoxy) is 1. The highest BCUT2D eigenvalue weighted by atomic mass is 32.2. The number of sulfone groups is 1. The zero-order chi connectivity index (χ0) is 22.6. The van der Waals surface area contributed by atoms with Crippen LogP contribution in [0.25, 0.3) is 11.3 Å². The summed E-state index contributed by atoms with van der Waals surface area (Å²) in [6, 6.07) is 8.64.